The Balaban J connectivity index is 2.05. The Kier molecular flexibility index (Phi) is 4.29. The van der Waals surface area contributed by atoms with E-state index in [2.05, 4.69) is 10.3 Å². The number of nitrogens with one attached hydrogen (secondary N) is 1. The Morgan fingerprint density at radius 2 is 2.05 bits per heavy atom. The van der Waals surface area contributed by atoms with E-state index in [1.54, 1.807) is 6.20 Å². The first kappa shape index (κ1) is 14.4. The summed E-state index contributed by atoms with van der Waals surface area (Å²) in [5.41, 5.74) is 4.45. The molecule has 3 N–H and O–H groups in total. The summed E-state index contributed by atoms with van der Waals surface area (Å²) in [4.78, 5) is 17.0. The topological polar surface area (TPSA) is 68.0 Å². The summed E-state index contributed by atoms with van der Waals surface area (Å²) in [7, 11) is 0. The Hall–Kier alpha value is -2.02. The zero-order valence-corrected chi connectivity index (χ0v) is 11.6. The number of rotatable bonds is 4. The SMILES string of the molecule is CCc1cnc(CNC(=O)c2cc(F)c(N)c(F)c2)s1. The largest absolute Gasteiger partial charge is 0.394 e. The van der Waals surface area contributed by atoms with E-state index >= 15 is 0 Å². The molecule has 0 aliphatic heterocycles. The monoisotopic (exact) mass is 297 g/mol. The molecule has 0 bridgehead atoms. The molecule has 0 spiro atoms. The Labute approximate surface area is 118 Å². The minimum absolute atomic E-state index is 0.110. The summed E-state index contributed by atoms with van der Waals surface area (Å²) in [6.07, 6.45) is 2.62. The highest BCUT2D eigenvalue weighted by atomic mass is 32.1. The van der Waals surface area contributed by atoms with Crippen LogP contribution >= 0.6 is 11.3 Å². The van der Waals surface area contributed by atoms with Crippen molar-refractivity contribution in [1.29, 1.82) is 0 Å². The minimum Gasteiger partial charge on any atom is -0.394 e. The molecule has 20 heavy (non-hydrogen) atoms. The summed E-state index contributed by atoms with van der Waals surface area (Å²) >= 11 is 1.48. The highest BCUT2D eigenvalue weighted by Gasteiger charge is 2.13. The molecule has 1 aromatic heterocycles. The summed E-state index contributed by atoms with van der Waals surface area (Å²) in [6, 6.07) is 1.82. The van der Waals surface area contributed by atoms with Crippen molar-refractivity contribution < 1.29 is 13.6 Å². The second kappa shape index (κ2) is 5.96. The molecule has 0 unspecified atom stereocenters. The third-order valence-corrected chi connectivity index (χ3v) is 3.83. The van der Waals surface area contributed by atoms with Crippen molar-refractivity contribution in [3.05, 3.63) is 45.4 Å². The van der Waals surface area contributed by atoms with E-state index in [1.807, 2.05) is 6.92 Å². The lowest BCUT2D eigenvalue weighted by atomic mass is 10.1. The highest BCUT2D eigenvalue weighted by molar-refractivity contribution is 7.11. The van der Waals surface area contributed by atoms with Crippen LogP contribution in [0.3, 0.4) is 0 Å². The molecule has 1 amide bonds. The number of carbonyl (C=O) groups is 1. The number of hydrogen-bond donors (Lipinski definition) is 2. The second-order valence-electron chi connectivity index (χ2n) is 4.11. The van der Waals surface area contributed by atoms with Gasteiger partial charge < -0.3 is 11.1 Å². The molecular weight excluding hydrogens is 284 g/mol. The van der Waals surface area contributed by atoms with Crippen LogP contribution in [0.1, 0.15) is 27.2 Å². The maximum atomic E-state index is 13.3. The molecule has 2 aromatic rings. The number of amides is 1. The fourth-order valence-corrected chi connectivity index (χ4v) is 2.37. The Morgan fingerprint density at radius 3 is 2.60 bits per heavy atom. The van der Waals surface area contributed by atoms with Crippen LogP contribution < -0.4 is 11.1 Å². The number of carbonyl (C=O) groups excluding carboxylic acids is 1. The van der Waals surface area contributed by atoms with Gasteiger partial charge in [-0.2, -0.15) is 0 Å². The fraction of sp³-hybridized carbons (Fsp3) is 0.231. The molecule has 0 saturated heterocycles. The molecule has 7 heteroatoms. The van der Waals surface area contributed by atoms with Crippen LogP contribution in [-0.4, -0.2) is 10.9 Å². The van der Waals surface area contributed by atoms with Crippen molar-refractivity contribution in [3.63, 3.8) is 0 Å². The van der Waals surface area contributed by atoms with Crippen molar-refractivity contribution in [3.8, 4) is 0 Å². The minimum atomic E-state index is -0.947. The van der Waals surface area contributed by atoms with E-state index in [1.165, 1.54) is 11.3 Å². The van der Waals surface area contributed by atoms with E-state index < -0.39 is 23.2 Å². The van der Waals surface area contributed by atoms with E-state index in [4.69, 9.17) is 5.73 Å². The molecule has 0 atom stereocenters. The summed E-state index contributed by atoms with van der Waals surface area (Å²) < 4.78 is 26.5. The highest BCUT2D eigenvalue weighted by Crippen LogP contribution is 2.17. The molecule has 0 saturated carbocycles. The first-order valence-corrected chi connectivity index (χ1v) is 6.79. The van der Waals surface area contributed by atoms with Gasteiger partial charge in [-0.05, 0) is 18.6 Å². The van der Waals surface area contributed by atoms with Crippen molar-refractivity contribution in [2.45, 2.75) is 19.9 Å². The van der Waals surface area contributed by atoms with Crippen molar-refractivity contribution in [1.82, 2.24) is 10.3 Å². The predicted octanol–water partition coefficient (Wildman–Crippen LogP) is 2.50. The molecule has 0 aliphatic rings. The number of thiazole rings is 1. The first-order valence-electron chi connectivity index (χ1n) is 5.97. The van der Waals surface area contributed by atoms with Gasteiger partial charge in [0, 0.05) is 16.6 Å². The lowest BCUT2D eigenvalue weighted by Crippen LogP contribution is -2.23. The number of nitrogens with two attached hydrogens (primary N) is 1. The number of aromatic nitrogens is 1. The Bertz CT molecular complexity index is 619. The van der Waals surface area contributed by atoms with Gasteiger partial charge in [-0.3, -0.25) is 4.79 Å². The number of hydrogen-bond acceptors (Lipinski definition) is 4. The van der Waals surface area contributed by atoms with E-state index in [-0.39, 0.29) is 12.1 Å². The van der Waals surface area contributed by atoms with Crippen LogP contribution in [0.25, 0.3) is 0 Å². The van der Waals surface area contributed by atoms with Crippen LogP contribution in [0.5, 0.6) is 0 Å². The van der Waals surface area contributed by atoms with Crippen molar-refractivity contribution in [2.24, 2.45) is 0 Å². The normalized spacial score (nSPS) is 10.6. The number of halogens is 2. The molecule has 1 heterocycles. The van der Waals surface area contributed by atoms with Gasteiger partial charge in [0.05, 0.1) is 6.54 Å². The van der Waals surface area contributed by atoms with Gasteiger partial charge in [0.1, 0.15) is 22.3 Å². The molecule has 2 rings (SSSR count). The molecular formula is C13H13F2N3OS. The first-order chi connectivity index (χ1) is 9.51. The number of anilines is 1. The third-order valence-electron chi connectivity index (χ3n) is 2.69. The second-order valence-corrected chi connectivity index (χ2v) is 5.31. The van der Waals surface area contributed by atoms with Crippen LogP contribution in [0, 0.1) is 11.6 Å². The maximum Gasteiger partial charge on any atom is 0.251 e. The number of nitrogens with zero attached hydrogens (tertiary/aromatic N) is 1. The third kappa shape index (κ3) is 3.11. The predicted molar refractivity (Wildman–Crippen MR) is 73.4 cm³/mol. The van der Waals surface area contributed by atoms with Crippen LogP contribution in [0.2, 0.25) is 0 Å². The molecule has 1 aromatic carbocycles. The molecule has 0 aliphatic carbocycles. The lowest BCUT2D eigenvalue weighted by Gasteiger charge is -2.05. The molecule has 4 nitrogen and oxygen atoms in total. The van der Waals surface area contributed by atoms with Crippen LogP contribution in [-0.2, 0) is 13.0 Å². The van der Waals surface area contributed by atoms with E-state index in [0.717, 1.165) is 28.4 Å². The van der Waals surface area contributed by atoms with Gasteiger partial charge in [-0.25, -0.2) is 13.8 Å². The smallest absolute Gasteiger partial charge is 0.251 e. The summed E-state index contributed by atoms with van der Waals surface area (Å²) in [5, 5.41) is 3.30. The lowest BCUT2D eigenvalue weighted by molar-refractivity contribution is 0.0950. The summed E-state index contributed by atoms with van der Waals surface area (Å²) in [5.74, 6) is -2.47. The molecule has 106 valence electrons. The van der Waals surface area contributed by atoms with Gasteiger partial charge in [0.2, 0.25) is 0 Å². The average Bonchev–Trinajstić information content (AvgIpc) is 2.89. The van der Waals surface area contributed by atoms with Gasteiger partial charge in [0.15, 0.2) is 0 Å². The number of nitrogen functional groups attached to an aromatic ring is 1. The average molecular weight is 297 g/mol. The zero-order chi connectivity index (χ0) is 14.7. The van der Waals surface area contributed by atoms with Crippen molar-refractivity contribution in [2.75, 3.05) is 5.73 Å². The maximum absolute atomic E-state index is 13.3. The van der Waals surface area contributed by atoms with Gasteiger partial charge in [-0.15, -0.1) is 11.3 Å². The van der Waals surface area contributed by atoms with Crippen molar-refractivity contribution >= 4 is 22.9 Å². The van der Waals surface area contributed by atoms with Gasteiger partial charge in [-0.1, -0.05) is 6.92 Å². The van der Waals surface area contributed by atoms with Gasteiger partial charge >= 0.3 is 0 Å². The fourth-order valence-electron chi connectivity index (χ4n) is 1.57. The van der Waals surface area contributed by atoms with Crippen LogP contribution in [0.4, 0.5) is 14.5 Å². The van der Waals surface area contributed by atoms with Crippen LogP contribution in [0.15, 0.2) is 18.3 Å². The summed E-state index contributed by atoms with van der Waals surface area (Å²) in [6.45, 7) is 2.23. The number of aryl methyl sites for hydroxylation is 1. The zero-order valence-electron chi connectivity index (χ0n) is 10.7. The number of benzene rings is 1. The van der Waals surface area contributed by atoms with E-state index in [0.29, 0.717) is 0 Å². The standard InChI is InChI=1S/C13H13F2N3OS/c1-2-8-5-17-11(20-8)6-18-13(19)7-3-9(14)12(16)10(15)4-7/h3-5H,2,6,16H2,1H3,(H,18,19). The quantitative estimate of drug-likeness (QED) is 0.852. The molecule has 0 radical (unpaired) electrons. The van der Waals surface area contributed by atoms with E-state index in [9.17, 15) is 13.6 Å². The van der Waals surface area contributed by atoms with Gasteiger partial charge in [0.25, 0.3) is 5.91 Å². The molecule has 0 fully saturated rings. The Morgan fingerprint density at radius 1 is 1.40 bits per heavy atom.